The van der Waals surface area contributed by atoms with E-state index in [0.29, 0.717) is 10.9 Å². The Labute approximate surface area is 136 Å². The molecule has 0 aliphatic rings. The molecule has 2 rings (SSSR count). The topological polar surface area (TPSA) is 117 Å². The van der Waals surface area contributed by atoms with Gasteiger partial charge in [-0.05, 0) is 18.2 Å². The van der Waals surface area contributed by atoms with Gasteiger partial charge in [-0.25, -0.2) is 14.8 Å². The number of nitrogens with two attached hydrogens (primary N) is 1. The van der Waals surface area contributed by atoms with Crippen LogP contribution in [0.15, 0.2) is 41.8 Å². The number of aromatic nitrogens is 3. The molecule has 0 bridgehead atoms. The fourth-order valence-electron chi connectivity index (χ4n) is 1.53. The number of hydrogen-bond donors (Lipinski definition) is 1. The van der Waals surface area contributed by atoms with Gasteiger partial charge in [0.05, 0.1) is 17.1 Å². The maximum absolute atomic E-state index is 11.5. The van der Waals surface area contributed by atoms with E-state index in [1.165, 1.54) is 0 Å². The van der Waals surface area contributed by atoms with E-state index in [4.69, 9.17) is 10.5 Å². The van der Waals surface area contributed by atoms with Gasteiger partial charge in [0, 0.05) is 12.4 Å². The van der Waals surface area contributed by atoms with Crippen LogP contribution in [0.25, 0.3) is 11.4 Å². The maximum Gasteiger partial charge on any atom is 0.404 e. The molecule has 120 valence electrons. The zero-order chi connectivity index (χ0) is 16.5. The number of hydrogen-bond acceptors (Lipinski definition) is 8. The van der Waals surface area contributed by atoms with Gasteiger partial charge in [0.15, 0.2) is 5.16 Å². The van der Waals surface area contributed by atoms with Crippen molar-refractivity contribution in [2.75, 3.05) is 19.0 Å². The second kappa shape index (κ2) is 8.69. The molecular formula is C14H14N4O4S. The second-order valence-corrected chi connectivity index (χ2v) is 5.06. The molecule has 0 saturated carbocycles. The van der Waals surface area contributed by atoms with Gasteiger partial charge >= 0.3 is 12.1 Å². The molecule has 0 radical (unpaired) electrons. The van der Waals surface area contributed by atoms with E-state index < -0.39 is 12.1 Å². The lowest BCUT2D eigenvalue weighted by molar-refractivity contribution is -0.141. The van der Waals surface area contributed by atoms with Crippen LogP contribution in [0.2, 0.25) is 0 Å². The summed E-state index contributed by atoms with van der Waals surface area (Å²) < 4.78 is 9.31. The molecule has 0 aliphatic heterocycles. The summed E-state index contributed by atoms with van der Waals surface area (Å²) in [4.78, 5) is 34.5. The molecular weight excluding hydrogens is 320 g/mol. The van der Waals surface area contributed by atoms with Crippen LogP contribution in [0.3, 0.4) is 0 Å². The van der Waals surface area contributed by atoms with Crippen molar-refractivity contribution >= 4 is 23.8 Å². The highest BCUT2D eigenvalue weighted by Gasteiger charge is 2.08. The van der Waals surface area contributed by atoms with E-state index in [9.17, 15) is 9.59 Å². The number of rotatable bonds is 7. The van der Waals surface area contributed by atoms with E-state index in [2.05, 4.69) is 19.7 Å². The summed E-state index contributed by atoms with van der Waals surface area (Å²) in [6.45, 7) is -0.117. The van der Waals surface area contributed by atoms with Gasteiger partial charge in [-0.15, -0.1) is 0 Å². The van der Waals surface area contributed by atoms with Gasteiger partial charge in [0.1, 0.15) is 13.2 Å². The third-order valence-corrected chi connectivity index (χ3v) is 3.31. The smallest absolute Gasteiger partial charge is 0.404 e. The average molecular weight is 334 g/mol. The van der Waals surface area contributed by atoms with E-state index in [-0.39, 0.29) is 19.0 Å². The molecule has 0 atom stereocenters. The standard InChI is InChI=1S/C14H14N4O4S/c15-13(20)22-8-7-21-12(19)9-23-14-17-6-4-11(18-14)10-3-1-2-5-16-10/h1-6H,7-9H2,(H2,15,20). The fourth-order valence-corrected chi connectivity index (χ4v) is 2.16. The zero-order valence-corrected chi connectivity index (χ0v) is 12.9. The van der Waals surface area contributed by atoms with Gasteiger partial charge in [-0.3, -0.25) is 9.78 Å². The zero-order valence-electron chi connectivity index (χ0n) is 12.0. The van der Waals surface area contributed by atoms with Crippen molar-refractivity contribution in [1.29, 1.82) is 0 Å². The molecule has 2 aromatic rings. The van der Waals surface area contributed by atoms with Gasteiger partial charge in [0.2, 0.25) is 0 Å². The molecule has 0 spiro atoms. The molecule has 2 aromatic heterocycles. The molecule has 0 unspecified atom stereocenters. The minimum absolute atomic E-state index is 0.0439. The number of ether oxygens (including phenoxy) is 2. The van der Waals surface area contributed by atoms with Crippen molar-refractivity contribution in [2.24, 2.45) is 5.73 Å². The predicted octanol–water partition coefficient (Wildman–Crippen LogP) is 1.27. The molecule has 8 nitrogen and oxygen atoms in total. The van der Waals surface area contributed by atoms with Gasteiger partial charge < -0.3 is 15.2 Å². The van der Waals surface area contributed by atoms with Crippen LogP contribution in [0.4, 0.5) is 4.79 Å². The number of carbonyl (C=O) groups excluding carboxylic acids is 2. The van der Waals surface area contributed by atoms with Crippen molar-refractivity contribution in [3.8, 4) is 11.4 Å². The Morgan fingerprint density at radius 1 is 1.04 bits per heavy atom. The van der Waals surface area contributed by atoms with Gasteiger partial charge in [-0.2, -0.15) is 0 Å². The van der Waals surface area contributed by atoms with Crippen molar-refractivity contribution in [3.63, 3.8) is 0 Å². The molecule has 1 amide bonds. The van der Waals surface area contributed by atoms with E-state index in [1.54, 1.807) is 18.5 Å². The first kappa shape index (κ1) is 16.7. The van der Waals surface area contributed by atoms with Crippen molar-refractivity contribution in [2.45, 2.75) is 5.16 Å². The number of primary amides is 1. The Morgan fingerprint density at radius 3 is 2.61 bits per heavy atom. The first-order chi connectivity index (χ1) is 11.1. The van der Waals surface area contributed by atoms with Crippen LogP contribution in [0, 0.1) is 0 Å². The van der Waals surface area contributed by atoms with Crippen LogP contribution in [-0.2, 0) is 14.3 Å². The summed E-state index contributed by atoms with van der Waals surface area (Å²) in [7, 11) is 0. The average Bonchev–Trinajstić information content (AvgIpc) is 2.58. The first-order valence-electron chi connectivity index (χ1n) is 6.60. The van der Waals surface area contributed by atoms with Crippen LogP contribution in [0.1, 0.15) is 0 Å². The molecule has 23 heavy (non-hydrogen) atoms. The van der Waals surface area contributed by atoms with E-state index >= 15 is 0 Å². The molecule has 9 heteroatoms. The highest BCUT2D eigenvalue weighted by atomic mass is 32.2. The van der Waals surface area contributed by atoms with E-state index in [0.717, 1.165) is 17.5 Å². The van der Waals surface area contributed by atoms with Crippen LogP contribution in [0.5, 0.6) is 0 Å². The molecule has 0 fully saturated rings. The molecule has 0 aliphatic carbocycles. The summed E-state index contributed by atoms with van der Waals surface area (Å²) in [5.41, 5.74) is 6.18. The highest BCUT2D eigenvalue weighted by molar-refractivity contribution is 7.99. The van der Waals surface area contributed by atoms with Gasteiger partial charge in [0.25, 0.3) is 0 Å². The lowest BCUT2D eigenvalue weighted by Gasteiger charge is -2.05. The number of nitrogens with zero attached hydrogens (tertiary/aromatic N) is 3. The third-order valence-electron chi connectivity index (χ3n) is 2.47. The minimum Gasteiger partial charge on any atom is -0.461 e. The Bertz CT molecular complexity index is 669. The maximum atomic E-state index is 11.5. The van der Waals surface area contributed by atoms with E-state index in [1.807, 2.05) is 18.2 Å². The number of esters is 1. The number of amides is 1. The Hall–Kier alpha value is -2.68. The Kier molecular flexibility index (Phi) is 6.30. The number of pyridine rings is 1. The lowest BCUT2D eigenvalue weighted by Crippen LogP contribution is -2.18. The number of carbonyl (C=O) groups is 2. The Balaban J connectivity index is 1.82. The van der Waals surface area contributed by atoms with Gasteiger partial charge in [-0.1, -0.05) is 17.8 Å². The SMILES string of the molecule is NC(=O)OCCOC(=O)CSc1nccc(-c2ccccn2)n1. The molecule has 0 saturated heterocycles. The summed E-state index contributed by atoms with van der Waals surface area (Å²) in [5.74, 6) is -0.419. The first-order valence-corrected chi connectivity index (χ1v) is 7.59. The normalized spacial score (nSPS) is 10.1. The third kappa shape index (κ3) is 5.91. The largest absolute Gasteiger partial charge is 0.461 e. The van der Waals surface area contributed by atoms with Crippen molar-refractivity contribution < 1.29 is 19.1 Å². The lowest BCUT2D eigenvalue weighted by atomic mass is 10.3. The summed E-state index contributed by atoms with van der Waals surface area (Å²) >= 11 is 1.14. The highest BCUT2D eigenvalue weighted by Crippen LogP contribution is 2.18. The summed E-state index contributed by atoms with van der Waals surface area (Å²) in [5, 5.41) is 0.443. The Morgan fingerprint density at radius 2 is 1.87 bits per heavy atom. The molecule has 0 aromatic carbocycles. The second-order valence-electron chi connectivity index (χ2n) is 4.12. The van der Waals surface area contributed by atoms with Crippen LogP contribution >= 0.6 is 11.8 Å². The quantitative estimate of drug-likeness (QED) is 0.348. The summed E-state index contributed by atoms with van der Waals surface area (Å²) in [6.07, 6.45) is 2.37. The number of thioether (sulfide) groups is 1. The minimum atomic E-state index is -0.907. The van der Waals surface area contributed by atoms with Crippen LogP contribution < -0.4 is 5.73 Å². The van der Waals surface area contributed by atoms with Crippen molar-refractivity contribution in [1.82, 2.24) is 15.0 Å². The monoisotopic (exact) mass is 334 g/mol. The summed E-state index contributed by atoms with van der Waals surface area (Å²) in [6, 6.07) is 7.26. The van der Waals surface area contributed by atoms with Crippen LogP contribution in [-0.4, -0.2) is 46.0 Å². The molecule has 2 N–H and O–H groups in total. The predicted molar refractivity (Wildman–Crippen MR) is 82.5 cm³/mol. The van der Waals surface area contributed by atoms with Crippen molar-refractivity contribution in [3.05, 3.63) is 36.7 Å². The molecule has 2 heterocycles. The fraction of sp³-hybridized carbons (Fsp3) is 0.214.